The van der Waals surface area contributed by atoms with Gasteiger partial charge in [0.1, 0.15) is 5.75 Å². The van der Waals surface area contributed by atoms with Gasteiger partial charge in [-0.2, -0.15) is 0 Å². The highest BCUT2D eigenvalue weighted by Crippen LogP contribution is 2.25. The third-order valence-corrected chi connectivity index (χ3v) is 5.07. The molecule has 0 spiro atoms. The molecule has 0 saturated carbocycles. The van der Waals surface area contributed by atoms with Crippen LogP contribution in [0.15, 0.2) is 83.7 Å². The summed E-state index contributed by atoms with van der Waals surface area (Å²) in [6, 6.07) is 21.5. The minimum Gasteiger partial charge on any atom is -0.497 e. The molecule has 0 unspecified atom stereocenters. The van der Waals surface area contributed by atoms with E-state index in [0.29, 0.717) is 22.5 Å². The third kappa shape index (κ3) is 4.20. The predicted molar refractivity (Wildman–Crippen MR) is 121 cm³/mol. The maximum atomic E-state index is 13.4. The van der Waals surface area contributed by atoms with E-state index in [0.717, 1.165) is 5.39 Å². The van der Waals surface area contributed by atoms with Crippen LogP contribution in [0.3, 0.4) is 0 Å². The zero-order valence-electron chi connectivity index (χ0n) is 17.1. The summed E-state index contributed by atoms with van der Waals surface area (Å²) >= 11 is 0. The molecule has 1 aromatic heterocycles. The fraction of sp³-hybridized carbons (Fsp3) is 0.0833. The number of non-ortho nitro benzene ring substituents is 1. The summed E-state index contributed by atoms with van der Waals surface area (Å²) in [7, 11) is 1.51. The number of nitro groups is 1. The number of pyridine rings is 1. The summed E-state index contributed by atoms with van der Waals surface area (Å²) in [6.07, 6.45) is 0. The molecular weight excluding hydrogens is 410 g/mol. The van der Waals surface area contributed by atoms with E-state index in [1.807, 2.05) is 18.2 Å². The first-order chi connectivity index (χ1) is 15.5. The molecule has 160 valence electrons. The fourth-order valence-electron chi connectivity index (χ4n) is 3.45. The van der Waals surface area contributed by atoms with Crippen LogP contribution in [-0.2, 0) is 6.54 Å². The Kier molecular flexibility index (Phi) is 5.67. The Bertz CT molecular complexity index is 1380. The topological polar surface area (TPSA) is 106 Å². The Hall–Kier alpha value is -4.46. The highest BCUT2D eigenvalue weighted by atomic mass is 16.6. The zero-order valence-corrected chi connectivity index (χ0v) is 17.1. The molecule has 0 aliphatic carbocycles. The van der Waals surface area contributed by atoms with Gasteiger partial charge in [0.25, 0.3) is 17.2 Å². The minimum absolute atomic E-state index is 0.0329. The molecule has 3 aromatic carbocycles. The second-order valence-electron chi connectivity index (χ2n) is 7.11. The van der Waals surface area contributed by atoms with Crippen LogP contribution in [0.25, 0.3) is 10.9 Å². The average Bonchev–Trinajstić information content (AvgIpc) is 2.82. The van der Waals surface area contributed by atoms with Gasteiger partial charge in [-0.15, -0.1) is 0 Å². The molecule has 1 N–H and O–H groups in total. The molecule has 8 heteroatoms. The Morgan fingerprint density at radius 3 is 2.59 bits per heavy atom. The zero-order chi connectivity index (χ0) is 22.7. The van der Waals surface area contributed by atoms with Gasteiger partial charge in [0.05, 0.1) is 18.6 Å². The Morgan fingerprint density at radius 1 is 1.03 bits per heavy atom. The number of benzene rings is 3. The maximum absolute atomic E-state index is 13.4. The smallest absolute Gasteiger partial charge is 0.270 e. The number of H-pyrrole nitrogens is 1. The van der Waals surface area contributed by atoms with Crippen LogP contribution in [0.4, 0.5) is 11.4 Å². The number of amides is 1. The molecule has 8 nitrogen and oxygen atoms in total. The molecule has 0 saturated heterocycles. The van der Waals surface area contributed by atoms with E-state index in [9.17, 15) is 19.7 Å². The average molecular weight is 429 g/mol. The van der Waals surface area contributed by atoms with E-state index in [4.69, 9.17) is 4.74 Å². The quantitative estimate of drug-likeness (QED) is 0.364. The van der Waals surface area contributed by atoms with Gasteiger partial charge in [-0.1, -0.05) is 30.3 Å². The number of para-hydroxylation sites is 1. The summed E-state index contributed by atoms with van der Waals surface area (Å²) in [5.41, 5.74) is 1.20. The van der Waals surface area contributed by atoms with Gasteiger partial charge in [-0.05, 0) is 35.7 Å². The maximum Gasteiger partial charge on any atom is 0.270 e. The Balaban J connectivity index is 1.80. The molecule has 0 aliphatic heterocycles. The Labute approximate surface area is 182 Å². The van der Waals surface area contributed by atoms with Crippen LogP contribution >= 0.6 is 0 Å². The van der Waals surface area contributed by atoms with Crippen molar-refractivity contribution < 1.29 is 14.5 Å². The number of anilines is 1. The molecule has 0 aliphatic rings. The van der Waals surface area contributed by atoms with Gasteiger partial charge in [0.15, 0.2) is 0 Å². The summed E-state index contributed by atoms with van der Waals surface area (Å²) in [4.78, 5) is 41.0. The first-order valence-corrected chi connectivity index (χ1v) is 9.77. The van der Waals surface area contributed by atoms with E-state index in [-0.39, 0.29) is 23.4 Å². The van der Waals surface area contributed by atoms with Crippen LogP contribution < -0.4 is 15.2 Å². The molecule has 1 amide bonds. The van der Waals surface area contributed by atoms with Crippen molar-refractivity contribution in [1.29, 1.82) is 0 Å². The van der Waals surface area contributed by atoms with Gasteiger partial charge in [-0.3, -0.25) is 19.7 Å². The number of carbonyl (C=O) groups excluding carboxylic acids is 1. The molecule has 0 bridgehead atoms. The van der Waals surface area contributed by atoms with Crippen LogP contribution in [0.1, 0.15) is 15.9 Å². The van der Waals surface area contributed by atoms with Gasteiger partial charge >= 0.3 is 0 Å². The van der Waals surface area contributed by atoms with Crippen molar-refractivity contribution in [2.75, 3.05) is 12.0 Å². The molecule has 0 radical (unpaired) electrons. The van der Waals surface area contributed by atoms with Crippen LogP contribution in [0, 0.1) is 10.1 Å². The van der Waals surface area contributed by atoms with Crippen molar-refractivity contribution in [2.45, 2.75) is 6.54 Å². The van der Waals surface area contributed by atoms with Gasteiger partial charge in [0.2, 0.25) is 0 Å². The van der Waals surface area contributed by atoms with Crippen molar-refractivity contribution in [2.24, 2.45) is 0 Å². The number of ether oxygens (including phenoxy) is 1. The van der Waals surface area contributed by atoms with Crippen molar-refractivity contribution in [3.8, 4) is 5.75 Å². The number of nitro benzene ring substituents is 1. The minimum atomic E-state index is -0.555. The molecule has 4 rings (SSSR count). The van der Waals surface area contributed by atoms with Gasteiger partial charge < -0.3 is 14.6 Å². The summed E-state index contributed by atoms with van der Waals surface area (Å²) in [5.74, 6) is 0.0567. The predicted octanol–water partition coefficient (Wildman–Crippen LogP) is 4.29. The molecule has 0 atom stereocenters. The van der Waals surface area contributed by atoms with E-state index < -0.39 is 10.8 Å². The second-order valence-corrected chi connectivity index (χ2v) is 7.11. The third-order valence-electron chi connectivity index (χ3n) is 5.07. The fourth-order valence-corrected chi connectivity index (χ4v) is 3.45. The number of methoxy groups -OCH3 is 1. The summed E-state index contributed by atoms with van der Waals surface area (Å²) in [6.45, 7) is -0.0329. The van der Waals surface area contributed by atoms with E-state index >= 15 is 0 Å². The molecule has 32 heavy (non-hydrogen) atoms. The van der Waals surface area contributed by atoms with Crippen molar-refractivity contribution in [1.82, 2.24) is 4.98 Å². The standard InChI is InChI=1S/C24H19N3O5/c1-32-21-10-5-8-19(14-21)26(24(29)17-7-4-9-20(13-17)27(30)31)15-18-12-16-6-2-3-11-22(16)25-23(18)28/h2-14H,15H2,1H3,(H,25,28). The normalized spacial score (nSPS) is 10.7. The lowest BCUT2D eigenvalue weighted by Gasteiger charge is -2.23. The monoisotopic (exact) mass is 429 g/mol. The van der Waals surface area contributed by atoms with Gasteiger partial charge in [0, 0.05) is 40.5 Å². The number of carbonyl (C=O) groups is 1. The van der Waals surface area contributed by atoms with E-state index in [1.54, 1.807) is 36.4 Å². The lowest BCUT2D eigenvalue weighted by molar-refractivity contribution is -0.384. The van der Waals surface area contributed by atoms with Crippen LogP contribution in [-0.4, -0.2) is 22.9 Å². The van der Waals surface area contributed by atoms with E-state index in [2.05, 4.69) is 4.98 Å². The molecular formula is C24H19N3O5. The molecule has 1 heterocycles. The number of fused-ring (bicyclic) bond motifs is 1. The number of nitrogens with one attached hydrogen (secondary N) is 1. The van der Waals surface area contributed by atoms with Crippen LogP contribution in [0.2, 0.25) is 0 Å². The first-order valence-electron chi connectivity index (χ1n) is 9.77. The number of hydrogen-bond donors (Lipinski definition) is 1. The SMILES string of the molecule is COc1cccc(N(Cc2cc3ccccc3[nH]c2=O)C(=O)c2cccc([N+](=O)[O-])c2)c1. The second kappa shape index (κ2) is 8.73. The molecule has 4 aromatic rings. The number of aromatic nitrogens is 1. The highest BCUT2D eigenvalue weighted by Gasteiger charge is 2.22. The van der Waals surface area contributed by atoms with Crippen molar-refractivity contribution in [3.05, 3.63) is 110 Å². The van der Waals surface area contributed by atoms with Crippen LogP contribution in [0.5, 0.6) is 5.75 Å². The van der Waals surface area contributed by atoms with Crippen molar-refractivity contribution >= 4 is 28.2 Å². The van der Waals surface area contributed by atoms with Crippen molar-refractivity contribution in [3.63, 3.8) is 0 Å². The Morgan fingerprint density at radius 2 is 1.81 bits per heavy atom. The highest BCUT2D eigenvalue weighted by molar-refractivity contribution is 6.06. The number of nitrogens with zero attached hydrogens (tertiary/aromatic N) is 2. The summed E-state index contributed by atoms with van der Waals surface area (Å²) < 4.78 is 5.28. The lowest BCUT2D eigenvalue weighted by Crippen LogP contribution is -2.33. The summed E-state index contributed by atoms with van der Waals surface area (Å²) in [5, 5.41) is 12.0. The number of rotatable bonds is 6. The number of hydrogen-bond acceptors (Lipinski definition) is 5. The number of aromatic amines is 1. The largest absolute Gasteiger partial charge is 0.497 e. The van der Waals surface area contributed by atoms with E-state index in [1.165, 1.54) is 36.3 Å². The lowest BCUT2D eigenvalue weighted by atomic mass is 10.1. The molecule has 0 fully saturated rings. The first kappa shape index (κ1) is 20.8. The van der Waals surface area contributed by atoms with Gasteiger partial charge in [-0.25, -0.2) is 0 Å².